The molecule has 0 aromatic rings. The van der Waals surface area contributed by atoms with E-state index in [0.717, 1.165) is 0 Å². The lowest BCUT2D eigenvalue weighted by Crippen LogP contribution is -2.61. The van der Waals surface area contributed by atoms with Crippen molar-refractivity contribution in [2.75, 3.05) is 6.61 Å². The van der Waals surface area contributed by atoms with Gasteiger partial charge in [-0.1, -0.05) is 13.8 Å². The van der Waals surface area contributed by atoms with Gasteiger partial charge in [-0.2, -0.15) is 0 Å². The van der Waals surface area contributed by atoms with E-state index in [4.69, 9.17) is 9.47 Å². The highest BCUT2D eigenvalue weighted by Crippen LogP contribution is 2.28. The summed E-state index contributed by atoms with van der Waals surface area (Å²) in [5, 5.41) is 29.3. The Balaban J connectivity index is 2.82. The average molecular weight is 248 g/mol. The number of hydrogen-bond acceptors (Lipinski definition) is 5. The summed E-state index contributed by atoms with van der Waals surface area (Å²) in [6, 6.07) is 0. The van der Waals surface area contributed by atoms with E-state index >= 15 is 0 Å². The van der Waals surface area contributed by atoms with E-state index < -0.39 is 30.5 Å². The third-order valence-electron chi connectivity index (χ3n) is 2.99. The van der Waals surface area contributed by atoms with Crippen LogP contribution in [-0.4, -0.2) is 58.6 Å². The summed E-state index contributed by atoms with van der Waals surface area (Å²) >= 11 is 0. The van der Waals surface area contributed by atoms with Crippen LogP contribution in [0.3, 0.4) is 0 Å². The minimum Gasteiger partial charge on any atom is -0.394 e. The maximum Gasteiger partial charge on any atom is 0.115 e. The first-order valence-corrected chi connectivity index (χ1v) is 6.16. The normalized spacial score (nSPS) is 39.0. The largest absolute Gasteiger partial charge is 0.394 e. The molecule has 2 unspecified atom stereocenters. The summed E-state index contributed by atoms with van der Waals surface area (Å²) < 4.78 is 11.0. The lowest BCUT2D eigenvalue weighted by molar-refractivity contribution is -0.256. The minimum absolute atomic E-state index is 0.0878. The van der Waals surface area contributed by atoms with Gasteiger partial charge in [0.05, 0.1) is 18.8 Å². The maximum absolute atomic E-state index is 10.1. The molecular formula is C12H24O5. The Morgan fingerprint density at radius 3 is 2.12 bits per heavy atom. The molecule has 0 aliphatic carbocycles. The van der Waals surface area contributed by atoms with Crippen molar-refractivity contribution < 1.29 is 24.8 Å². The Hall–Kier alpha value is -0.200. The molecule has 17 heavy (non-hydrogen) atoms. The molecule has 5 atom stereocenters. The van der Waals surface area contributed by atoms with Gasteiger partial charge < -0.3 is 24.8 Å². The number of rotatable bonds is 4. The molecule has 102 valence electrons. The molecule has 5 heteroatoms. The standard InChI is InChI=1S/C12H24O5/c1-6(2)11-10(15)12(16-7(3)4)9(14)8(5-13)17-11/h6-15H,5H2,1-4H3/t8?,9-,10?,11+,12+/m1/s1. The van der Waals surface area contributed by atoms with Crippen LogP contribution in [0.2, 0.25) is 0 Å². The first-order valence-electron chi connectivity index (χ1n) is 6.16. The minimum atomic E-state index is -1.01. The Labute approximate surface area is 102 Å². The van der Waals surface area contributed by atoms with Crippen molar-refractivity contribution in [1.82, 2.24) is 0 Å². The molecule has 1 saturated heterocycles. The van der Waals surface area contributed by atoms with Gasteiger partial charge in [-0.3, -0.25) is 0 Å². The van der Waals surface area contributed by atoms with Gasteiger partial charge in [-0.05, 0) is 19.8 Å². The first-order chi connectivity index (χ1) is 7.88. The van der Waals surface area contributed by atoms with E-state index in [9.17, 15) is 15.3 Å². The van der Waals surface area contributed by atoms with Crippen molar-refractivity contribution in [2.45, 2.75) is 64.3 Å². The number of ether oxygens (including phenoxy) is 2. The highest BCUT2D eigenvalue weighted by Gasteiger charge is 2.46. The molecule has 0 bridgehead atoms. The summed E-state index contributed by atoms with van der Waals surface area (Å²) in [4.78, 5) is 0. The summed E-state index contributed by atoms with van der Waals surface area (Å²) in [6.07, 6.45) is -3.83. The molecule has 1 fully saturated rings. The van der Waals surface area contributed by atoms with Gasteiger partial charge in [0.25, 0.3) is 0 Å². The predicted molar refractivity (Wildman–Crippen MR) is 62.6 cm³/mol. The Bertz CT molecular complexity index is 231. The Morgan fingerprint density at radius 2 is 1.71 bits per heavy atom. The highest BCUT2D eigenvalue weighted by atomic mass is 16.6. The molecule has 5 nitrogen and oxygen atoms in total. The van der Waals surface area contributed by atoms with Crippen LogP contribution < -0.4 is 0 Å². The van der Waals surface area contributed by atoms with Crippen LogP contribution in [0.25, 0.3) is 0 Å². The quantitative estimate of drug-likeness (QED) is 0.648. The monoisotopic (exact) mass is 248 g/mol. The van der Waals surface area contributed by atoms with Crippen molar-refractivity contribution in [3.8, 4) is 0 Å². The maximum atomic E-state index is 10.1. The fourth-order valence-corrected chi connectivity index (χ4v) is 2.14. The molecular weight excluding hydrogens is 224 g/mol. The third-order valence-corrected chi connectivity index (χ3v) is 2.99. The van der Waals surface area contributed by atoms with E-state index in [1.54, 1.807) is 0 Å². The molecule has 0 saturated carbocycles. The number of aliphatic hydroxyl groups is 3. The fourth-order valence-electron chi connectivity index (χ4n) is 2.14. The van der Waals surface area contributed by atoms with Gasteiger partial charge in [0.2, 0.25) is 0 Å². The van der Waals surface area contributed by atoms with Crippen LogP contribution in [0.1, 0.15) is 27.7 Å². The molecule has 1 rings (SSSR count). The van der Waals surface area contributed by atoms with Crippen LogP contribution in [-0.2, 0) is 9.47 Å². The van der Waals surface area contributed by atoms with Crippen molar-refractivity contribution in [3.05, 3.63) is 0 Å². The molecule has 1 aliphatic rings. The van der Waals surface area contributed by atoms with Gasteiger partial charge in [0, 0.05) is 0 Å². The molecule has 0 radical (unpaired) electrons. The zero-order valence-electron chi connectivity index (χ0n) is 10.9. The predicted octanol–water partition coefficient (Wildman–Crippen LogP) is -0.0825. The van der Waals surface area contributed by atoms with E-state index in [1.807, 2.05) is 27.7 Å². The zero-order chi connectivity index (χ0) is 13.2. The van der Waals surface area contributed by atoms with Crippen LogP contribution in [0.5, 0.6) is 0 Å². The van der Waals surface area contributed by atoms with E-state index in [1.165, 1.54) is 0 Å². The number of aliphatic hydroxyl groups excluding tert-OH is 3. The second-order valence-corrected chi connectivity index (χ2v) is 5.20. The van der Waals surface area contributed by atoms with Crippen molar-refractivity contribution in [2.24, 2.45) is 5.92 Å². The van der Waals surface area contributed by atoms with E-state index in [2.05, 4.69) is 0 Å². The van der Waals surface area contributed by atoms with Gasteiger partial charge in [-0.25, -0.2) is 0 Å². The first kappa shape index (κ1) is 14.9. The molecule has 3 N–H and O–H groups in total. The lowest BCUT2D eigenvalue weighted by atomic mass is 9.89. The van der Waals surface area contributed by atoms with Crippen molar-refractivity contribution in [1.29, 1.82) is 0 Å². The summed E-state index contributed by atoms with van der Waals surface area (Å²) in [5.41, 5.74) is 0. The molecule has 0 amide bonds. The zero-order valence-corrected chi connectivity index (χ0v) is 10.9. The Morgan fingerprint density at radius 1 is 1.12 bits per heavy atom. The molecule has 1 aliphatic heterocycles. The second-order valence-electron chi connectivity index (χ2n) is 5.20. The van der Waals surface area contributed by atoms with Gasteiger partial charge in [0.1, 0.15) is 24.4 Å². The molecule has 1 heterocycles. The van der Waals surface area contributed by atoms with Crippen LogP contribution in [0, 0.1) is 5.92 Å². The smallest absolute Gasteiger partial charge is 0.115 e. The van der Waals surface area contributed by atoms with Crippen molar-refractivity contribution in [3.63, 3.8) is 0 Å². The summed E-state index contributed by atoms with van der Waals surface area (Å²) in [6.45, 7) is 7.24. The lowest BCUT2D eigenvalue weighted by Gasteiger charge is -2.44. The van der Waals surface area contributed by atoms with E-state index in [-0.39, 0.29) is 18.6 Å². The fraction of sp³-hybridized carbons (Fsp3) is 1.00. The summed E-state index contributed by atoms with van der Waals surface area (Å²) in [5.74, 6) is 0.0878. The van der Waals surface area contributed by atoms with E-state index in [0.29, 0.717) is 0 Å². The average Bonchev–Trinajstić information content (AvgIpc) is 2.23. The van der Waals surface area contributed by atoms with Crippen LogP contribution in [0.4, 0.5) is 0 Å². The molecule has 0 spiro atoms. The third kappa shape index (κ3) is 3.39. The highest BCUT2D eigenvalue weighted by molar-refractivity contribution is 4.94. The SMILES string of the molecule is CC(C)O[C@@H]1C(O)[C@H](C(C)C)OC(CO)[C@H]1O. The van der Waals surface area contributed by atoms with Gasteiger partial charge >= 0.3 is 0 Å². The molecule has 0 aromatic carbocycles. The van der Waals surface area contributed by atoms with Crippen LogP contribution >= 0.6 is 0 Å². The second kappa shape index (κ2) is 6.11. The topological polar surface area (TPSA) is 79.2 Å². The molecule has 0 aromatic heterocycles. The van der Waals surface area contributed by atoms with Crippen LogP contribution in [0.15, 0.2) is 0 Å². The summed E-state index contributed by atoms with van der Waals surface area (Å²) in [7, 11) is 0. The number of hydrogen-bond donors (Lipinski definition) is 3. The van der Waals surface area contributed by atoms with Gasteiger partial charge in [0.15, 0.2) is 0 Å². The van der Waals surface area contributed by atoms with Crippen molar-refractivity contribution >= 4 is 0 Å². The Kier molecular flexibility index (Phi) is 5.34. The van der Waals surface area contributed by atoms with Gasteiger partial charge in [-0.15, -0.1) is 0 Å².